The molecule has 30 heavy (non-hydrogen) atoms. The third kappa shape index (κ3) is 2.91. The highest BCUT2D eigenvalue weighted by atomic mass is 32.1. The number of rotatable bonds is 3. The SMILES string of the molecule is O=C(c1ccnc(-c2cnn3ccc(-c4cccs4)nc23)c1)N1CC2CCC1CN2. The van der Waals surface area contributed by atoms with Crippen LogP contribution >= 0.6 is 11.3 Å². The summed E-state index contributed by atoms with van der Waals surface area (Å²) in [6.45, 7) is 1.67. The van der Waals surface area contributed by atoms with Gasteiger partial charge in [-0.3, -0.25) is 9.78 Å². The first-order valence-corrected chi connectivity index (χ1v) is 11.0. The van der Waals surface area contributed by atoms with E-state index in [1.54, 1.807) is 34.3 Å². The summed E-state index contributed by atoms with van der Waals surface area (Å²) in [4.78, 5) is 25.7. The molecule has 150 valence electrons. The summed E-state index contributed by atoms with van der Waals surface area (Å²) in [7, 11) is 0. The minimum atomic E-state index is 0.0820. The Morgan fingerprint density at radius 1 is 1.20 bits per heavy atom. The van der Waals surface area contributed by atoms with Crippen molar-refractivity contribution in [2.24, 2.45) is 0 Å². The molecule has 0 saturated carbocycles. The highest BCUT2D eigenvalue weighted by Crippen LogP contribution is 2.28. The molecule has 2 unspecified atom stereocenters. The maximum atomic E-state index is 13.2. The molecule has 3 fully saturated rings. The molecule has 7 nitrogen and oxygen atoms in total. The lowest BCUT2D eigenvalue weighted by Gasteiger charge is -2.46. The summed E-state index contributed by atoms with van der Waals surface area (Å²) in [6.07, 6.45) is 7.61. The number of nitrogens with zero attached hydrogens (tertiary/aromatic N) is 5. The van der Waals surface area contributed by atoms with Crippen molar-refractivity contribution in [1.82, 2.24) is 29.8 Å². The largest absolute Gasteiger partial charge is 0.333 e. The fourth-order valence-electron chi connectivity index (χ4n) is 4.45. The molecule has 0 spiro atoms. The van der Waals surface area contributed by atoms with Crippen molar-refractivity contribution < 1.29 is 4.79 Å². The van der Waals surface area contributed by atoms with Crippen LogP contribution in [0.4, 0.5) is 0 Å². The van der Waals surface area contributed by atoms with Crippen molar-refractivity contribution in [2.45, 2.75) is 24.9 Å². The molecule has 3 aliphatic rings. The van der Waals surface area contributed by atoms with E-state index in [1.807, 2.05) is 34.7 Å². The number of piperidine rings is 2. The fraction of sp³-hybridized carbons (Fsp3) is 0.273. The first-order chi connectivity index (χ1) is 14.8. The highest BCUT2D eigenvalue weighted by Gasteiger charge is 2.36. The molecule has 2 bridgehead atoms. The van der Waals surface area contributed by atoms with Gasteiger partial charge in [-0.2, -0.15) is 5.10 Å². The van der Waals surface area contributed by atoms with Crippen molar-refractivity contribution in [1.29, 1.82) is 0 Å². The quantitative estimate of drug-likeness (QED) is 0.555. The normalized spacial score (nSPS) is 20.7. The zero-order valence-corrected chi connectivity index (χ0v) is 17.0. The Morgan fingerprint density at radius 2 is 2.17 bits per heavy atom. The standard InChI is InChI=1S/C22H20N6OS/c29-22(27-13-15-3-4-16(27)11-24-15)14-5-7-23-19(10-14)17-12-25-28-8-6-18(26-21(17)28)20-2-1-9-30-20/h1-2,5-10,12,15-16,24H,3-4,11,13H2. The van der Waals surface area contributed by atoms with Crippen molar-refractivity contribution in [3.8, 4) is 21.8 Å². The van der Waals surface area contributed by atoms with Crippen LogP contribution in [-0.2, 0) is 0 Å². The zero-order valence-electron chi connectivity index (χ0n) is 16.2. The molecule has 7 rings (SSSR count). The molecular weight excluding hydrogens is 396 g/mol. The lowest BCUT2D eigenvalue weighted by Crippen LogP contribution is -2.62. The highest BCUT2D eigenvalue weighted by molar-refractivity contribution is 7.13. The molecule has 4 aromatic heterocycles. The minimum Gasteiger partial charge on any atom is -0.333 e. The fourth-order valence-corrected chi connectivity index (χ4v) is 5.14. The van der Waals surface area contributed by atoms with Crippen LogP contribution in [0.3, 0.4) is 0 Å². The summed E-state index contributed by atoms with van der Waals surface area (Å²) >= 11 is 1.65. The zero-order chi connectivity index (χ0) is 20.1. The predicted octanol–water partition coefficient (Wildman–Crippen LogP) is 3.10. The minimum absolute atomic E-state index is 0.0820. The summed E-state index contributed by atoms with van der Waals surface area (Å²) in [5, 5.41) is 9.97. The van der Waals surface area contributed by atoms with Gasteiger partial charge in [-0.05, 0) is 42.5 Å². The smallest absolute Gasteiger partial charge is 0.254 e. The molecule has 3 saturated heterocycles. The van der Waals surface area contributed by atoms with Crippen LogP contribution in [-0.4, -0.2) is 55.6 Å². The molecule has 8 heteroatoms. The Morgan fingerprint density at radius 3 is 2.93 bits per heavy atom. The number of pyridine rings is 1. The molecule has 0 aliphatic carbocycles. The predicted molar refractivity (Wildman–Crippen MR) is 115 cm³/mol. The van der Waals surface area contributed by atoms with Crippen LogP contribution in [0.2, 0.25) is 0 Å². The van der Waals surface area contributed by atoms with E-state index in [-0.39, 0.29) is 11.9 Å². The Kier molecular flexibility index (Phi) is 4.14. The van der Waals surface area contributed by atoms with Crippen molar-refractivity contribution in [3.05, 3.63) is 59.9 Å². The average molecular weight is 417 g/mol. The van der Waals surface area contributed by atoms with E-state index in [4.69, 9.17) is 4.98 Å². The van der Waals surface area contributed by atoms with Crippen LogP contribution in [0.15, 0.2) is 54.3 Å². The van der Waals surface area contributed by atoms with Crippen molar-refractivity contribution in [3.63, 3.8) is 0 Å². The topological polar surface area (TPSA) is 75.4 Å². The van der Waals surface area contributed by atoms with Gasteiger partial charge in [0, 0.05) is 43.1 Å². The number of hydrogen-bond acceptors (Lipinski definition) is 6. The molecule has 7 heterocycles. The molecule has 2 atom stereocenters. The van der Waals surface area contributed by atoms with E-state index < -0.39 is 0 Å². The van der Waals surface area contributed by atoms with Gasteiger partial charge in [0.15, 0.2) is 5.65 Å². The Balaban J connectivity index is 1.37. The summed E-state index contributed by atoms with van der Waals surface area (Å²) in [5.41, 5.74) is 3.85. The molecule has 3 aliphatic heterocycles. The van der Waals surface area contributed by atoms with Gasteiger partial charge in [0.25, 0.3) is 5.91 Å². The van der Waals surface area contributed by atoms with Gasteiger partial charge < -0.3 is 10.2 Å². The molecule has 1 amide bonds. The Bertz CT molecular complexity index is 1230. The van der Waals surface area contributed by atoms with Gasteiger partial charge in [0.05, 0.1) is 28.0 Å². The second-order valence-electron chi connectivity index (χ2n) is 7.84. The molecule has 4 aromatic rings. The van der Waals surface area contributed by atoms with Gasteiger partial charge in [-0.15, -0.1) is 11.3 Å². The number of thiophene rings is 1. The number of hydrogen-bond donors (Lipinski definition) is 1. The maximum absolute atomic E-state index is 13.2. The van der Waals surface area contributed by atoms with Crippen LogP contribution in [0.1, 0.15) is 23.2 Å². The Labute approximate surface area is 177 Å². The summed E-state index contributed by atoms with van der Waals surface area (Å²) < 4.78 is 1.75. The number of nitrogens with one attached hydrogen (secondary N) is 1. The third-order valence-corrected chi connectivity index (χ3v) is 6.93. The van der Waals surface area contributed by atoms with Gasteiger partial charge in [-0.25, -0.2) is 9.50 Å². The van der Waals surface area contributed by atoms with Crippen molar-refractivity contribution >= 4 is 22.9 Å². The number of aromatic nitrogens is 4. The monoisotopic (exact) mass is 416 g/mol. The second kappa shape index (κ2) is 7.00. The van der Waals surface area contributed by atoms with Crippen molar-refractivity contribution in [2.75, 3.05) is 13.1 Å². The van der Waals surface area contributed by atoms with E-state index in [0.29, 0.717) is 17.3 Å². The summed E-state index contributed by atoms with van der Waals surface area (Å²) in [6, 6.07) is 10.4. The molecule has 0 aromatic carbocycles. The average Bonchev–Trinajstić information content (AvgIpc) is 3.49. The first-order valence-electron chi connectivity index (χ1n) is 10.2. The Hall–Kier alpha value is -3.10. The van der Waals surface area contributed by atoms with E-state index in [0.717, 1.165) is 47.7 Å². The van der Waals surface area contributed by atoms with Gasteiger partial charge in [-0.1, -0.05) is 6.07 Å². The molecular formula is C22H20N6OS. The van der Waals surface area contributed by atoms with E-state index in [9.17, 15) is 4.79 Å². The van der Waals surface area contributed by atoms with Crippen LogP contribution in [0.5, 0.6) is 0 Å². The lowest BCUT2D eigenvalue weighted by atomic mass is 9.92. The number of carbonyl (C=O) groups is 1. The van der Waals surface area contributed by atoms with Gasteiger partial charge >= 0.3 is 0 Å². The van der Waals surface area contributed by atoms with E-state index >= 15 is 0 Å². The molecule has 0 radical (unpaired) electrons. The number of piperazine rings is 1. The number of fused-ring (bicyclic) bond motifs is 4. The van der Waals surface area contributed by atoms with Crippen LogP contribution in [0, 0.1) is 0 Å². The third-order valence-electron chi connectivity index (χ3n) is 6.03. The number of carbonyl (C=O) groups excluding carboxylic acids is 1. The van der Waals surface area contributed by atoms with Gasteiger partial charge in [0.1, 0.15) is 0 Å². The lowest BCUT2D eigenvalue weighted by molar-refractivity contribution is 0.0441. The van der Waals surface area contributed by atoms with Crippen LogP contribution in [0.25, 0.3) is 27.5 Å². The number of amides is 1. The first kappa shape index (κ1) is 17.7. The van der Waals surface area contributed by atoms with E-state index in [2.05, 4.69) is 21.5 Å². The maximum Gasteiger partial charge on any atom is 0.254 e. The summed E-state index contributed by atoms with van der Waals surface area (Å²) in [5.74, 6) is 0.0820. The van der Waals surface area contributed by atoms with Crippen LogP contribution < -0.4 is 5.32 Å². The van der Waals surface area contributed by atoms with Gasteiger partial charge in [0.2, 0.25) is 0 Å². The van der Waals surface area contributed by atoms with E-state index in [1.165, 1.54) is 0 Å². The second-order valence-corrected chi connectivity index (χ2v) is 8.79. The molecule has 1 N–H and O–H groups in total.